The molecule has 0 aliphatic heterocycles. The molecule has 148 valence electrons. The van der Waals surface area contributed by atoms with Gasteiger partial charge in [0.25, 0.3) is 0 Å². The van der Waals surface area contributed by atoms with Crippen LogP contribution in [0, 0.1) is 0 Å². The zero-order chi connectivity index (χ0) is 21.3. The summed E-state index contributed by atoms with van der Waals surface area (Å²) < 4.78 is 6.21. The van der Waals surface area contributed by atoms with E-state index in [-0.39, 0.29) is 17.1 Å². The summed E-state index contributed by atoms with van der Waals surface area (Å²) in [5.41, 5.74) is 2.03. The third-order valence-corrected chi connectivity index (χ3v) is 4.79. The molecule has 0 bridgehead atoms. The van der Waals surface area contributed by atoms with Crippen LogP contribution in [0.2, 0.25) is 0 Å². The summed E-state index contributed by atoms with van der Waals surface area (Å²) in [7, 11) is 0. The maximum absolute atomic E-state index is 11.1. The van der Waals surface area contributed by atoms with Crippen molar-refractivity contribution in [3.8, 4) is 34.1 Å². The van der Waals surface area contributed by atoms with Crippen molar-refractivity contribution in [3.63, 3.8) is 0 Å². The zero-order valence-electron chi connectivity index (χ0n) is 15.9. The van der Waals surface area contributed by atoms with Crippen LogP contribution in [0.5, 0.6) is 23.0 Å². The Kier molecular flexibility index (Phi) is 4.86. The molecule has 0 aliphatic rings. The van der Waals surface area contributed by atoms with Gasteiger partial charge < -0.3 is 20.1 Å². The van der Waals surface area contributed by atoms with Crippen LogP contribution in [-0.2, 0) is 4.79 Å². The predicted molar refractivity (Wildman–Crippen MR) is 116 cm³/mol. The van der Waals surface area contributed by atoms with E-state index in [1.165, 1.54) is 0 Å². The van der Waals surface area contributed by atoms with Crippen LogP contribution in [0.25, 0.3) is 27.5 Å². The third-order valence-electron chi connectivity index (χ3n) is 4.79. The Morgan fingerprint density at radius 3 is 2.27 bits per heavy atom. The highest BCUT2D eigenvalue weighted by Gasteiger charge is 2.14. The number of aliphatic carboxylic acids is 1. The molecule has 0 radical (unpaired) electrons. The monoisotopic (exact) mass is 398 g/mol. The Labute approximate surface area is 172 Å². The quantitative estimate of drug-likeness (QED) is 0.369. The first-order chi connectivity index (χ1) is 14.4. The molecule has 4 aromatic rings. The number of fused-ring (bicyclic) bond motifs is 1. The summed E-state index contributed by atoms with van der Waals surface area (Å²) in [6.07, 6.45) is 0. The van der Waals surface area contributed by atoms with Crippen LogP contribution >= 0.6 is 0 Å². The van der Waals surface area contributed by atoms with E-state index in [0.717, 1.165) is 21.9 Å². The molecule has 3 N–H and O–H groups in total. The number of hydrogen-bond acceptors (Lipinski definition) is 4. The van der Waals surface area contributed by atoms with E-state index in [9.17, 15) is 15.0 Å². The van der Waals surface area contributed by atoms with E-state index in [1.54, 1.807) is 60.7 Å². The van der Waals surface area contributed by atoms with Crippen LogP contribution in [0.15, 0.2) is 85.4 Å². The van der Waals surface area contributed by atoms with Gasteiger partial charge in [-0.2, -0.15) is 0 Å². The van der Waals surface area contributed by atoms with Gasteiger partial charge in [0.05, 0.1) is 5.57 Å². The van der Waals surface area contributed by atoms with Gasteiger partial charge in [0, 0.05) is 10.9 Å². The molecule has 0 spiro atoms. The number of carboxylic acids is 1. The van der Waals surface area contributed by atoms with Crippen molar-refractivity contribution in [3.05, 3.63) is 91.0 Å². The number of benzene rings is 4. The normalized spacial score (nSPS) is 10.7. The number of phenolic OH excluding ortho intramolecular Hbond substituents is 2. The molecular weight excluding hydrogens is 380 g/mol. The van der Waals surface area contributed by atoms with E-state index in [4.69, 9.17) is 9.84 Å². The number of phenols is 2. The molecule has 0 atom stereocenters. The standard InChI is InChI=1S/C25H18O5/c1-15(25(28)29)16-5-9-21(10-6-16)30-24-22(17-3-2-4-19(26)13-17)11-7-18-14-20(27)8-12-23(18)24/h2-14,26-27H,1H2,(H,28,29). The largest absolute Gasteiger partial charge is 0.508 e. The van der Waals surface area contributed by atoms with Gasteiger partial charge in [-0.25, -0.2) is 4.79 Å². The topological polar surface area (TPSA) is 87.0 Å². The molecule has 0 saturated heterocycles. The lowest BCUT2D eigenvalue weighted by atomic mass is 9.99. The van der Waals surface area contributed by atoms with E-state index in [2.05, 4.69) is 6.58 Å². The number of ether oxygens (including phenoxy) is 1. The third kappa shape index (κ3) is 3.69. The van der Waals surface area contributed by atoms with Crippen molar-refractivity contribution < 1.29 is 24.9 Å². The molecule has 5 heteroatoms. The summed E-state index contributed by atoms with van der Waals surface area (Å²) in [5, 5.41) is 30.4. The van der Waals surface area contributed by atoms with Crippen LogP contribution in [-0.4, -0.2) is 21.3 Å². The Bertz CT molecular complexity index is 1270. The number of rotatable bonds is 5. The Balaban J connectivity index is 1.82. The number of carboxylic acid groups (broad SMARTS) is 1. The van der Waals surface area contributed by atoms with E-state index < -0.39 is 5.97 Å². The fraction of sp³-hybridized carbons (Fsp3) is 0. The predicted octanol–water partition coefficient (Wildman–Crippen LogP) is 5.81. The number of aromatic hydroxyl groups is 2. The minimum atomic E-state index is -1.08. The molecule has 4 aromatic carbocycles. The summed E-state index contributed by atoms with van der Waals surface area (Å²) in [6, 6.07) is 22.2. The zero-order valence-corrected chi connectivity index (χ0v) is 15.9. The number of hydrogen-bond donors (Lipinski definition) is 3. The van der Waals surface area contributed by atoms with Crippen LogP contribution in [0.4, 0.5) is 0 Å². The highest BCUT2D eigenvalue weighted by Crippen LogP contribution is 2.41. The molecule has 0 saturated carbocycles. The fourth-order valence-electron chi connectivity index (χ4n) is 3.26. The summed E-state index contributed by atoms with van der Waals surface area (Å²) in [6.45, 7) is 3.56. The van der Waals surface area contributed by atoms with E-state index in [1.807, 2.05) is 18.2 Å². The first-order valence-electron chi connectivity index (χ1n) is 9.18. The minimum absolute atomic E-state index is 0.00244. The second kappa shape index (κ2) is 7.64. The van der Waals surface area contributed by atoms with Crippen LogP contribution in [0.3, 0.4) is 0 Å². The second-order valence-electron chi connectivity index (χ2n) is 6.81. The molecule has 0 fully saturated rings. The Morgan fingerprint density at radius 1 is 0.833 bits per heavy atom. The van der Waals surface area contributed by atoms with Crippen LogP contribution in [0.1, 0.15) is 5.56 Å². The number of carbonyl (C=O) groups is 1. The summed E-state index contributed by atoms with van der Waals surface area (Å²) in [4.78, 5) is 11.1. The van der Waals surface area contributed by atoms with Gasteiger partial charge in [0.2, 0.25) is 0 Å². The molecule has 0 aromatic heterocycles. The van der Waals surface area contributed by atoms with Crippen molar-refractivity contribution in [1.29, 1.82) is 0 Å². The molecular formula is C25H18O5. The minimum Gasteiger partial charge on any atom is -0.508 e. The lowest BCUT2D eigenvalue weighted by molar-refractivity contribution is -0.130. The maximum atomic E-state index is 11.1. The smallest absolute Gasteiger partial charge is 0.335 e. The van der Waals surface area contributed by atoms with Gasteiger partial charge in [0.1, 0.15) is 23.0 Å². The Hall–Kier alpha value is -4.25. The van der Waals surface area contributed by atoms with Crippen molar-refractivity contribution in [2.24, 2.45) is 0 Å². The van der Waals surface area contributed by atoms with Gasteiger partial charge in [-0.15, -0.1) is 0 Å². The highest BCUT2D eigenvalue weighted by atomic mass is 16.5. The lowest BCUT2D eigenvalue weighted by Crippen LogP contribution is -1.97. The van der Waals surface area contributed by atoms with Crippen molar-refractivity contribution in [1.82, 2.24) is 0 Å². The average Bonchev–Trinajstić information content (AvgIpc) is 2.73. The molecule has 0 aliphatic carbocycles. The molecule has 0 heterocycles. The Morgan fingerprint density at radius 2 is 1.57 bits per heavy atom. The van der Waals surface area contributed by atoms with Crippen molar-refractivity contribution in [2.75, 3.05) is 0 Å². The molecule has 5 nitrogen and oxygen atoms in total. The van der Waals surface area contributed by atoms with E-state index >= 15 is 0 Å². The van der Waals surface area contributed by atoms with Crippen molar-refractivity contribution in [2.45, 2.75) is 0 Å². The van der Waals surface area contributed by atoms with E-state index in [0.29, 0.717) is 17.1 Å². The van der Waals surface area contributed by atoms with Gasteiger partial charge >= 0.3 is 5.97 Å². The first kappa shape index (κ1) is 19.1. The van der Waals surface area contributed by atoms with Crippen molar-refractivity contribution >= 4 is 22.3 Å². The second-order valence-corrected chi connectivity index (χ2v) is 6.81. The average molecular weight is 398 g/mol. The molecule has 0 amide bonds. The SMILES string of the molecule is C=C(C(=O)O)c1ccc(Oc2c(-c3cccc(O)c3)ccc3cc(O)ccc23)cc1. The summed E-state index contributed by atoms with van der Waals surface area (Å²) >= 11 is 0. The van der Waals surface area contributed by atoms with Crippen LogP contribution < -0.4 is 4.74 Å². The van der Waals surface area contributed by atoms with Gasteiger partial charge in [-0.1, -0.05) is 36.9 Å². The van der Waals surface area contributed by atoms with Gasteiger partial charge in [-0.3, -0.25) is 0 Å². The fourth-order valence-corrected chi connectivity index (χ4v) is 3.26. The summed E-state index contributed by atoms with van der Waals surface area (Å²) in [5.74, 6) is 0.279. The first-order valence-corrected chi connectivity index (χ1v) is 9.18. The molecule has 4 rings (SSSR count). The maximum Gasteiger partial charge on any atom is 0.335 e. The van der Waals surface area contributed by atoms with Gasteiger partial charge in [-0.05, 0) is 65.0 Å². The molecule has 30 heavy (non-hydrogen) atoms. The molecule has 0 unspecified atom stereocenters. The van der Waals surface area contributed by atoms with Gasteiger partial charge in [0.15, 0.2) is 0 Å². The lowest BCUT2D eigenvalue weighted by Gasteiger charge is -2.15. The highest BCUT2D eigenvalue weighted by molar-refractivity contribution is 6.14.